The van der Waals surface area contributed by atoms with Crippen LogP contribution in [0, 0.1) is 0 Å². The zero-order chi connectivity index (χ0) is 13.1. The number of hydrogen-bond donors (Lipinski definition) is 2. The average molecular weight is 262 g/mol. The number of rotatable bonds is 3. The zero-order valence-corrected chi connectivity index (χ0v) is 12.0. The van der Waals surface area contributed by atoms with Gasteiger partial charge in [0.1, 0.15) is 5.82 Å². The Hall–Kier alpha value is -0.870. The standard InChI is InChI=1S/C15H26N4/c1-19-8-7-16-13(11-19)9-15-17-10-14(18-15)12-5-3-2-4-6-12/h10,12-13,16H,2-9,11H2,1H3,(H,17,18). The highest BCUT2D eigenvalue weighted by atomic mass is 15.2. The fourth-order valence-electron chi connectivity index (χ4n) is 3.47. The SMILES string of the molecule is CN1CCNC(Cc2ncc(C3CCCCC3)[nH]2)C1. The van der Waals surface area contributed by atoms with Crippen LogP contribution in [0.25, 0.3) is 0 Å². The second-order valence-electron chi connectivity index (χ2n) is 6.24. The summed E-state index contributed by atoms with van der Waals surface area (Å²) in [6.07, 6.45) is 9.96. The zero-order valence-electron chi connectivity index (χ0n) is 12.0. The van der Waals surface area contributed by atoms with Crippen LogP contribution in [0.3, 0.4) is 0 Å². The maximum absolute atomic E-state index is 4.60. The number of H-pyrrole nitrogens is 1. The minimum Gasteiger partial charge on any atom is -0.346 e. The van der Waals surface area contributed by atoms with Crippen molar-refractivity contribution in [2.75, 3.05) is 26.7 Å². The molecule has 0 spiro atoms. The fourth-order valence-corrected chi connectivity index (χ4v) is 3.47. The number of piperazine rings is 1. The summed E-state index contributed by atoms with van der Waals surface area (Å²) in [4.78, 5) is 10.6. The van der Waals surface area contributed by atoms with Crippen molar-refractivity contribution in [1.29, 1.82) is 0 Å². The van der Waals surface area contributed by atoms with Crippen molar-refractivity contribution in [3.63, 3.8) is 0 Å². The lowest BCUT2D eigenvalue weighted by atomic mass is 9.87. The highest BCUT2D eigenvalue weighted by molar-refractivity contribution is 5.09. The van der Waals surface area contributed by atoms with Crippen LogP contribution in [0.5, 0.6) is 0 Å². The molecule has 1 unspecified atom stereocenters. The third-order valence-corrected chi connectivity index (χ3v) is 4.59. The molecule has 2 N–H and O–H groups in total. The van der Waals surface area contributed by atoms with E-state index < -0.39 is 0 Å². The van der Waals surface area contributed by atoms with Crippen molar-refractivity contribution in [2.24, 2.45) is 0 Å². The van der Waals surface area contributed by atoms with E-state index in [9.17, 15) is 0 Å². The number of aromatic amines is 1. The molecule has 106 valence electrons. The Morgan fingerprint density at radius 2 is 2.16 bits per heavy atom. The van der Waals surface area contributed by atoms with Gasteiger partial charge in [-0.3, -0.25) is 0 Å². The van der Waals surface area contributed by atoms with Gasteiger partial charge in [-0.05, 0) is 19.9 Å². The first-order valence-corrected chi connectivity index (χ1v) is 7.77. The highest BCUT2D eigenvalue weighted by Gasteiger charge is 2.20. The molecule has 2 fully saturated rings. The molecule has 2 aliphatic rings. The third kappa shape index (κ3) is 3.37. The van der Waals surface area contributed by atoms with Crippen molar-refractivity contribution in [2.45, 2.75) is 50.5 Å². The summed E-state index contributed by atoms with van der Waals surface area (Å²) >= 11 is 0. The summed E-state index contributed by atoms with van der Waals surface area (Å²) in [6, 6.07) is 0.545. The van der Waals surface area contributed by atoms with Crippen molar-refractivity contribution < 1.29 is 0 Å². The number of likely N-dealkylation sites (N-methyl/N-ethyl adjacent to an activating group) is 1. The van der Waals surface area contributed by atoms with Crippen LogP contribution in [-0.4, -0.2) is 47.6 Å². The van der Waals surface area contributed by atoms with Crippen LogP contribution in [0.15, 0.2) is 6.20 Å². The van der Waals surface area contributed by atoms with E-state index in [4.69, 9.17) is 0 Å². The highest BCUT2D eigenvalue weighted by Crippen LogP contribution is 2.31. The quantitative estimate of drug-likeness (QED) is 0.874. The third-order valence-electron chi connectivity index (χ3n) is 4.59. The smallest absolute Gasteiger partial charge is 0.107 e. The molecule has 0 bridgehead atoms. The maximum atomic E-state index is 4.60. The molecule has 1 aromatic rings. The van der Waals surface area contributed by atoms with Crippen LogP contribution in [0.4, 0.5) is 0 Å². The van der Waals surface area contributed by atoms with Crippen LogP contribution < -0.4 is 5.32 Å². The lowest BCUT2D eigenvalue weighted by Gasteiger charge is -2.30. The van der Waals surface area contributed by atoms with Gasteiger partial charge >= 0.3 is 0 Å². The Morgan fingerprint density at radius 3 is 2.95 bits per heavy atom. The number of nitrogens with zero attached hydrogens (tertiary/aromatic N) is 2. The summed E-state index contributed by atoms with van der Waals surface area (Å²) in [5.74, 6) is 1.89. The first kappa shape index (κ1) is 13.1. The van der Waals surface area contributed by atoms with E-state index >= 15 is 0 Å². The molecule has 1 atom stereocenters. The van der Waals surface area contributed by atoms with Crippen LogP contribution in [0.2, 0.25) is 0 Å². The second kappa shape index (κ2) is 6.06. The van der Waals surface area contributed by atoms with Crippen LogP contribution >= 0.6 is 0 Å². The van der Waals surface area contributed by atoms with Gasteiger partial charge in [-0.2, -0.15) is 0 Å². The average Bonchev–Trinajstić information content (AvgIpc) is 2.88. The number of nitrogens with one attached hydrogen (secondary N) is 2. The summed E-state index contributed by atoms with van der Waals surface area (Å²) in [6.45, 7) is 3.37. The fraction of sp³-hybridized carbons (Fsp3) is 0.800. The van der Waals surface area contributed by atoms with Crippen molar-refractivity contribution in [1.82, 2.24) is 20.2 Å². The number of aromatic nitrogens is 2. The van der Waals surface area contributed by atoms with Crippen LogP contribution in [0.1, 0.15) is 49.5 Å². The summed E-state index contributed by atoms with van der Waals surface area (Å²) in [5, 5.41) is 3.59. The van der Waals surface area contributed by atoms with Crippen LogP contribution in [-0.2, 0) is 6.42 Å². The topological polar surface area (TPSA) is 44.0 Å². The van der Waals surface area contributed by atoms with Gasteiger partial charge in [-0.25, -0.2) is 4.98 Å². The van der Waals surface area contributed by atoms with Gasteiger partial charge in [-0.15, -0.1) is 0 Å². The largest absolute Gasteiger partial charge is 0.346 e. The second-order valence-corrected chi connectivity index (χ2v) is 6.24. The predicted octanol–water partition coefficient (Wildman–Crippen LogP) is 1.90. The maximum Gasteiger partial charge on any atom is 0.107 e. The molecule has 4 heteroatoms. The van der Waals surface area contributed by atoms with Gasteiger partial charge in [0.15, 0.2) is 0 Å². The van der Waals surface area contributed by atoms with E-state index in [1.165, 1.54) is 37.8 Å². The lowest BCUT2D eigenvalue weighted by molar-refractivity contribution is 0.236. The van der Waals surface area contributed by atoms with E-state index in [1.807, 2.05) is 0 Å². The Bertz CT molecular complexity index is 395. The molecule has 0 radical (unpaired) electrons. The Morgan fingerprint density at radius 1 is 1.32 bits per heavy atom. The lowest BCUT2D eigenvalue weighted by Crippen LogP contribution is -2.50. The number of imidazole rings is 1. The Labute approximate surface area is 116 Å². The molecule has 1 saturated heterocycles. The first-order chi connectivity index (χ1) is 9.31. The molecule has 3 rings (SSSR count). The Balaban J connectivity index is 1.58. The Kier molecular flexibility index (Phi) is 4.18. The van der Waals surface area contributed by atoms with E-state index in [0.29, 0.717) is 6.04 Å². The molecule has 2 heterocycles. The molecule has 0 amide bonds. The summed E-state index contributed by atoms with van der Waals surface area (Å²) in [5.41, 5.74) is 1.37. The molecular weight excluding hydrogens is 236 g/mol. The van der Waals surface area contributed by atoms with E-state index in [1.54, 1.807) is 0 Å². The van der Waals surface area contributed by atoms with E-state index in [-0.39, 0.29) is 0 Å². The molecule has 1 aliphatic heterocycles. The molecule has 4 nitrogen and oxygen atoms in total. The molecular formula is C15H26N4. The van der Waals surface area contributed by atoms with Gasteiger partial charge in [0.05, 0.1) is 0 Å². The van der Waals surface area contributed by atoms with Gasteiger partial charge in [-0.1, -0.05) is 19.3 Å². The normalized spacial score (nSPS) is 26.7. The minimum atomic E-state index is 0.545. The molecule has 0 aromatic carbocycles. The van der Waals surface area contributed by atoms with E-state index in [0.717, 1.165) is 37.8 Å². The van der Waals surface area contributed by atoms with Gasteiger partial charge in [0.2, 0.25) is 0 Å². The van der Waals surface area contributed by atoms with Crippen molar-refractivity contribution in [3.05, 3.63) is 17.7 Å². The number of hydrogen-bond acceptors (Lipinski definition) is 3. The minimum absolute atomic E-state index is 0.545. The first-order valence-electron chi connectivity index (χ1n) is 7.77. The van der Waals surface area contributed by atoms with Gasteiger partial charge in [0, 0.05) is 49.9 Å². The summed E-state index contributed by atoms with van der Waals surface area (Å²) < 4.78 is 0. The summed E-state index contributed by atoms with van der Waals surface area (Å²) in [7, 11) is 2.20. The van der Waals surface area contributed by atoms with Crippen molar-refractivity contribution >= 4 is 0 Å². The van der Waals surface area contributed by atoms with Gasteiger partial charge in [0.25, 0.3) is 0 Å². The molecule has 1 aliphatic carbocycles. The van der Waals surface area contributed by atoms with Crippen molar-refractivity contribution in [3.8, 4) is 0 Å². The predicted molar refractivity (Wildman–Crippen MR) is 77.4 cm³/mol. The van der Waals surface area contributed by atoms with Gasteiger partial charge < -0.3 is 15.2 Å². The molecule has 19 heavy (non-hydrogen) atoms. The molecule has 1 aromatic heterocycles. The van der Waals surface area contributed by atoms with E-state index in [2.05, 4.69) is 33.4 Å². The molecule has 1 saturated carbocycles. The monoisotopic (exact) mass is 262 g/mol.